The van der Waals surface area contributed by atoms with Gasteiger partial charge in [0.1, 0.15) is 5.75 Å². The number of hydrogen-bond donors (Lipinski definition) is 1. The van der Waals surface area contributed by atoms with Crippen LogP contribution in [0.3, 0.4) is 0 Å². The molecular formula is C12H23NO4S. The molecule has 1 aliphatic rings. The molecule has 0 amide bonds. The molecule has 1 fully saturated rings. The van der Waals surface area contributed by atoms with Crippen LogP contribution in [0.4, 0.5) is 0 Å². The summed E-state index contributed by atoms with van der Waals surface area (Å²) in [4.78, 5) is 11.2. The van der Waals surface area contributed by atoms with Gasteiger partial charge in [0.25, 0.3) is 0 Å². The van der Waals surface area contributed by atoms with E-state index in [9.17, 15) is 13.2 Å². The van der Waals surface area contributed by atoms with Gasteiger partial charge in [0.2, 0.25) is 0 Å². The molecule has 0 aromatic carbocycles. The fraction of sp³-hybridized carbons (Fsp3) is 0.917. The zero-order chi connectivity index (χ0) is 13.8. The van der Waals surface area contributed by atoms with Crippen LogP contribution in [0.2, 0.25) is 0 Å². The molecule has 0 aliphatic heterocycles. The normalized spacial score (nSPS) is 28.9. The number of ether oxygens (including phenoxy) is 1. The first-order valence-corrected chi connectivity index (χ1v) is 8.14. The summed E-state index contributed by atoms with van der Waals surface area (Å²) >= 11 is 0. The third-order valence-electron chi connectivity index (χ3n) is 3.53. The van der Waals surface area contributed by atoms with Gasteiger partial charge in [-0.15, -0.1) is 0 Å². The summed E-state index contributed by atoms with van der Waals surface area (Å²) in [6.45, 7) is 4.76. The van der Waals surface area contributed by atoms with E-state index in [-0.39, 0.29) is 6.04 Å². The minimum atomic E-state index is -3.44. The van der Waals surface area contributed by atoms with E-state index in [4.69, 9.17) is 0 Å². The van der Waals surface area contributed by atoms with Crippen LogP contribution in [0.25, 0.3) is 0 Å². The first kappa shape index (κ1) is 15.4. The molecule has 3 unspecified atom stereocenters. The third kappa shape index (κ3) is 3.95. The number of carbonyl (C=O) groups is 1. The number of rotatable bonds is 5. The molecule has 1 aliphatic carbocycles. The van der Waals surface area contributed by atoms with Gasteiger partial charge in [0.15, 0.2) is 9.84 Å². The molecule has 5 nitrogen and oxygen atoms in total. The molecule has 0 bridgehead atoms. The lowest BCUT2D eigenvalue weighted by molar-refractivity contribution is -0.137. The highest BCUT2D eigenvalue weighted by Crippen LogP contribution is 2.29. The number of esters is 1. The minimum Gasteiger partial charge on any atom is -0.468 e. The molecule has 0 spiro atoms. The Kier molecular flexibility index (Phi) is 5.59. The molecule has 0 aromatic rings. The van der Waals surface area contributed by atoms with E-state index in [0.717, 1.165) is 19.4 Å². The topological polar surface area (TPSA) is 72.5 Å². The standard InChI is InChI=1S/C12H23NO4S/c1-4-13-10-6-5-9(2)7-11(10)18(15,16)8-12(14)17-3/h9-11,13H,4-8H2,1-3H3. The summed E-state index contributed by atoms with van der Waals surface area (Å²) in [5.74, 6) is -0.802. The van der Waals surface area contributed by atoms with Gasteiger partial charge in [-0.25, -0.2) is 8.42 Å². The smallest absolute Gasteiger partial charge is 0.320 e. The van der Waals surface area contributed by atoms with Gasteiger partial charge in [-0.1, -0.05) is 13.8 Å². The highest BCUT2D eigenvalue weighted by atomic mass is 32.2. The Morgan fingerprint density at radius 1 is 1.39 bits per heavy atom. The van der Waals surface area contributed by atoms with Crippen molar-refractivity contribution in [3.05, 3.63) is 0 Å². The molecular weight excluding hydrogens is 254 g/mol. The van der Waals surface area contributed by atoms with E-state index in [1.54, 1.807) is 0 Å². The van der Waals surface area contributed by atoms with Crippen LogP contribution >= 0.6 is 0 Å². The Morgan fingerprint density at radius 3 is 2.61 bits per heavy atom. The second kappa shape index (κ2) is 6.52. The summed E-state index contributed by atoms with van der Waals surface area (Å²) in [6.07, 6.45) is 2.50. The number of methoxy groups -OCH3 is 1. The minimum absolute atomic E-state index is 0.0409. The Bertz CT molecular complexity index is 380. The summed E-state index contributed by atoms with van der Waals surface area (Å²) in [5, 5.41) is 2.75. The van der Waals surface area contributed by atoms with Crippen LogP contribution in [-0.2, 0) is 19.4 Å². The van der Waals surface area contributed by atoms with Crippen LogP contribution in [0.5, 0.6) is 0 Å². The molecule has 0 radical (unpaired) electrons. The van der Waals surface area contributed by atoms with Gasteiger partial charge < -0.3 is 10.1 Å². The quantitative estimate of drug-likeness (QED) is 0.750. The molecule has 1 saturated carbocycles. The van der Waals surface area contributed by atoms with Crippen LogP contribution in [0.1, 0.15) is 33.1 Å². The van der Waals surface area contributed by atoms with Crippen molar-refractivity contribution in [2.24, 2.45) is 5.92 Å². The molecule has 1 rings (SSSR count). The fourth-order valence-electron chi connectivity index (χ4n) is 2.55. The third-order valence-corrected chi connectivity index (χ3v) is 5.61. The Morgan fingerprint density at radius 2 is 2.06 bits per heavy atom. The molecule has 3 atom stereocenters. The maximum absolute atomic E-state index is 12.2. The van der Waals surface area contributed by atoms with Crippen molar-refractivity contribution in [3.8, 4) is 0 Å². The lowest BCUT2D eigenvalue weighted by Gasteiger charge is -2.34. The summed E-state index contributed by atoms with van der Waals surface area (Å²) < 4.78 is 29.0. The summed E-state index contributed by atoms with van der Waals surface area (Å²) in [7, 11) is -2.22. The predicted molar refractivity (Wildman–Crippen MR) is 70.1 cm³/mol. The SMILES string of the molecule is CCNC1CCC(C)CC1S(=O)(=O)CC(=O)OC. The Hall–Kier alpha value is -0.620. The molecule has 106 valence electrons. The first-order valence-electron chi connectivity index (χ1n) is 6.42. The van der Waals surface area contributed by atoms with Gasteiger partial charge in [-0.05, 0) is 31.7 Å². The largest absolute Gasteiger partial charge is 0.468 e. The monoisotopic (exact) mass is 277 g/mol. The zero-order valence-corrected chi connectivity index (χ0v) is 12.1. The lowest BCUT2D eigenvalue weighted by atomic mass is 9.87. The average Bonchev–Trinajstić information content (AvgIpc) is 2.31. The molecule has 6 heteroatoms. The average molecular weight is 277 g/mol. The number of nitrogens with one attached hydrogen (secondary N) is 1. The number of sulfone groups is 1. The highest BCUT2D eigenvalue weighted by Gasteiger charge is 2.38. The molecule has 0 saturated heterocycles. The van der Waals surface area contributed by atoms with E-state index >= 15 is 0 Å². The van der Waals surface area contributed by atoms with E-state index in [2.05, 4.69) is 17.0 Å². The van der Waals surface area contributed by atoms with Crippen LogP contribution < -0.4 is 5.32 Å². The van der Waals surface area contributed by atoms with Gasteiger partial charge in [-0.2, -0.15) is 0 Å². The van der Waals surface area contributed by atoms with E-state index in [1.807, 2.05) is 6.92 Å². The maximum atomic E-state index is 12.2. The van der Waals surface area contributed by atoms with Gasteiger partial charge >= 0.3 is 5.97 Å². The van der Waals surface area contributed by atoms with Gasteiger partial charge in [0.05, 0.1) is 12.4 Å². The second-order valence-corrected chi connectivity index (χ2v) is 7.22. The van der Waals surface area contributed by atoms with Crippen molar-refractivity contribution < 1.29 is 17.9 Å². The fourth-order valence-corrected chi connectivity index (χ4v) is 4.57. The zero-order valence-electron chi connectivity index (χ0n) is 11.3. The summed E-state index contributed by atoms with van der Waals surface area (Å²) in [5.41, 5.74) is 0. The van der Waals surface area contributed by atoms with Crippen LogP contribution in [-0.4, -0.2) is 45.1 Å². The lowest BCUT2D eigenvalue weighted by Crippen LogP contribution is -2.49. The van der Waals surface area contributed by atoms with Crippen LogP contribution in [0, 0.1) is 5.92 Å². The van der Waals surface area contributed by atoms with Crippen molar-refractivity contribution in [2.45, 2.75) is 44.4 Å². The molecule has 1 N–H and O–H groups in total. The van der Waals surface area contributed by atoms with Crippen molar-refractivity contribution in [1.82, 2.24) is 5.32 Å². The number of hydrogen-bond acceptors (Lipinski definition) is 5. The van der Waals surface area contributed by atoms with E-state index in [0.29, 0.717) is 12.3 Å². The molecule has 0 aromatic heterocycles. The predicted octanol–water partition coefficient (Wildman–Crippen LogP) is 0.741. The molecule has 0 heterocycles. The van der Waals surface area contributed by atoms with Crippen molar-refractivity contribution >= 4 is 15.8 Å². The maximum Gasteiger partial charge on any atom is 0.320 e. The first-order chi connectivity index (χ1) is 8.40. The van der Waals surface area contributed by atoms with Crippen molar-refractivity contribution in [2.75, 3.05) is 19.4 Å². The molecule has 18 heavy (non-hydrogen) atoms. The summed E-state index contributed by atoms with van der Waals surface area (Å²) in [6, 6.07) is -0.0409. The highest BCUT2D eigenvalue weighted by molar-refractivity contribution is 7.92. The van der Waals surface area contributed by atoms with E-state index < -0.39 is 26.8 Å². The Balaban J connectivity index is 2.83. The Labute approximate surface area is 109 Å². The van der Waals surface area contributed by atoms with E-state index in [1.165, 1.54) is 7.11 Å². The van der Waals surface area contributed by atoms with Gasteiger partial charge in [-0.3, -0.25) is 4.79 Å². The van der Waals surface area contributed by atoms with Crippen molar-refractivity contribution in [3.63, 3.8) is 0 Å². The second-order valence-electron chi connectivity index (χ2n) is 5.00. The number of carbonyl (C=O) groups excluding carboxylic acids is 1. The van der Waals surface area contributed by atoms with Gasteiger partial charge in [0, 0.05) is 6.04 Å². The van der Waals surface area contributed by atoms with Crippen molar-refractivity contribution in [1.29, 1.82) is 0 Å². The van der Waals surface area contributed by atoms with Crippen LogP contribution in [0.15, 0.2) is 0 Å².